The molecule has 414 valence electrons. The molecule has 1 unspecified atom stereocenters. The van der Waals surface area contributed by atoms with E-state index in [2.05, 4.69) is 71.3 Å². The second-order valence-electron chi connectivity index (χ2n) is 20.6. The Bertz CT molecular complexity index is 3730. The summed E-state index contributed by atoms with van der Waals surface area (Å²) in [5, 5.41) is 23.5. The van der Waals surface area contributed by atoms with E-state index in [1.54, 1.807) is 0 Å². The molecule has 3 N–H and O–H groups in total. The number of carbonyl (C=O) groups excluding carboxylic acids is 2. The van der Waals surface area contributed by atoms with Crippen molar-refractivity contribution in [1.82, 2.24) is 15.2 Å². The number of benzene rings is 9. The van der Waals surface area contributed by atoms with Crippen LogP contribution in [0.25, 0.3) is 0 Å². The fourth-order valence-corrected chi connectivity index (χ4v) is 14.3. The number of allylic oxidation sites excluding steroid dienone is 1. The van der Waals surface area contributed by atoms with Crippen molar-refractivity contribution in [2.75, 3.05) is 5.32 Å². The van der Waals surface area contributed by atoms with Crippen molar-refractivity contribution in [2.45, 2.75) is 41.3 Å². The first-order valence-electron chi connectivity index (χ1n) is 27.7. The van der Waals surface area contributed by atoms with Crippen molar-refractivity contribution in [2.24, 2.45) is 11.1 Å². The highest BCUT2D eigenvalue weighted by Gasteiger charge is 2.57. The third kappa shape index (κ3) is 10.7. The molecule has 0 radical (unpaired) electrons. The SMILES string of the molecule is O=C(O)C1=C(SCc2ccccc2)C(C(c2ccccc2)c2ccccc2)C[C@@H]2[C@H](NC(=O)C(=NOC(c3ccccc3)(c3ccccc3)c3ccccc3)c3nc(NC(c4ccccc4)(c4ccccc4)c4ccccc4)sc3Cl)C(=O)N12. The first-order valence-corrected chi connectivity index (χ1v) is 29.8. The number of nitrogens with zero attached hydrogens (tertiary/aromatic N) is 3. The van der Waals surface area contributed by atoms with E-state index >= 15 is 9.59 Å². The lowest BCUT2D eigenvalue weighted by Crippen LogP contribution is -2.73. The number of thioether (sulfide) groups is 1. The van der Waals surface area contributed by atoms with E-state index in [4.69, 9.17) is 26.6 Å². The summed E-state index contributed by atoms with van der Waals surface area (Å²) in [5.41, 5.74) is 5.01. The molecule has 2 aliphatic heterocycles. The van der Waals surface area contributed by atoms with E-state index in [1.807, 2.05) is 212 Å². The third-order valence-electron chi connectivity index (χ3n) is 15.7. The maximum atomic E-state index is 15.9. The standard InChI is InChI=1S/C71H56ClN5O5S2/c72-65-61(74-69(84-65)75-70(51-34-16-4-17-35-51,52-36-18-5-19-37-52)53-38-20-6-21-39-53)62(76-82-71(54-40-22-7-23-41-54,55-42-24-8-25-43-55)56-44-26-9-27-45-56)66(78)73-60-58-46-57(59(49-30-12-2-13-31-49)50-32-14-3-15-33-50)64(63(68(80)81)77(58)67(60)79)83-47-48-28-10-1-11-29-48/h1-45,57-60H,46-47H2,(H,73,78)(H,74,75)(H,80,81)/t57?,58-,60+/m1/s1. The molecule has 12 rings (SSSR count). The normalized spacial score (nSPS) is 16.1. The van der Waals surface area contributed by atoms with E-state index in [9.17, 15) is 9.90 Å². The van der Waals surface area contributed by atoms with Gasteiger partial charge >= 0.3 is 5.97 Å². The predicted molar refractivity (Wildman–Crippen MR) is 335 cm³/mol. The number of amides is 2. The zero-order valence-electron chi connectivity index (χ0n) is 45.3. The lowest BCUT2D eigenvalue weighted by molar-refractivity contribution is -0.156. The Morgan fingerprint density at radius 1 is 0.619 bits per heavy atom. The third-order valence-corrected chi connectivity index (χ3v) is 18.2. The molecule has 9 aromatic carbocycles. The number of carbonyl (C=O) groups is 3. The number of rotatable bonds is 20. The van der Waals surface area contributed by atoms with Gasteiger partial charge in [0, 0.05) is 39.2 Å². The largest absolute Gasteiger partial charge is 0.477 e. The van der Waals surface area contributed by atoms with Crippen LogP contribution in [-0.4, -0.2) is 50.6 Å². The summed E-state index contributed by atoms with van der Waals surface area (Å²) >= 11 is 10.0. The summed E-state index contributed by atoms with van der Waals surface area (Å²) in [6.07, 6.45) is 0.313. The molecule has 3 heterocycles. The van der Waals surface area contributed by atoms with E-state index in [0.29, 0.717) is 22.2 Å². The smallest absolute Gasteiger partial charge is 0.353 e. The molecular weight excluding hydrogens is 1100 g/mol. The van der Waals surface area contributed by atoms with Crippen LogP contribution in [0, 0.1) is 5.92 Å². The molecule has 0 bridgehead atoms. The number of oxime groups is 1. The van der Waals surface area contributed by atoms with Crippen molar-refractivity contribution in [3.63, 3.8) is 0 Å². The van der Waals surface area contributed by atoms with Crippen molar-refractivity contribution < 1.29 is 24.3 Å². The predicted octanol–water partition coefficient (Wildman–Crippen LogP) is 14.7. The van der Waals surface area contributed by atoms with Gasteiger partial charge in [-0.15, -0.1) is 11.8 Å². The molecule has 2 amide bonds. The van der Waals surface area contributed by atoms with Crippen LogP contribution in [0.1, 0.15) is 68.1 Å². The van der Waals surface area contributed by atoms with Gasteiger partial charge in [-0.25, -0.2) is 9.78 Å². The molecular formula is C71H56ClN5O5S2. The molecule has 1 aromatic heterocycles. The zero-order valence-corrected chi connectivity index (χ0v) is 47.7. The quantitative estimate of drug-likeness (QED) is 0.0297. The lowest BCUT2D eigenvalue weighted by atomic mass is 9.71. The number of aromatic nitrogens is 1. The van der Waals surface area contributed by atoms with Gasteiger partial charge in [0.2, 0.25) is 5.60 Å². The average Bonchev–Trinajstić information content (AvgIpc) is 1.32. The highest BCUT2D eigenvalue weighted by atomic mass is 35.5. The number of carboxylic acid groups (broad SMARTS) is 1. The van der Waals surface area contributed by atoms with Crippen molar-refractivity contribution in [1.29, 1.82) is 0 Å². The first kappa shape index (κ1) is 55.2. The molecule has 1 saturated heterocycles. The maximum absolute atomic E-state index is 15.9. The van der Waals surface area contributed by atoms with Gasteiger partial charge in [-0.1, -0.05) is 301 Å². The molecule has 0 saturated carbocycles. The number of halogens is 1. The highest BCUT2D eigenvalue weighted by Crippen LogP contribution is 2.52. The van der Waals surface area contributed by atoms with Crippen LogP contribution in [0.15, 0.2) is 289 Å². The van der Waals surface area contributed by atoms with Gasteiger partial charge in [-0.05, 0) is 39.8 Å². The molecule has 10 nitrogen and oxygen atoms in total. The van der Waals surface area contributed by atoms with E-state index in [1.165, 1.54) is 16.7 Å². The van der Waals surface area contributed by atoms with Gasteiger partial charge in [-0.2, -0.15) is 0 Å². The Hall–Kier alpha value is -9.33. The molecule has 10 aromatic rings. The summed E-state index contributed by atoms with van der Waals surface area (Å²) < 4.78 is 0.117. The van der Waals surface area contributed by atoms with Gasteiger partial charge < -0.3 is 20.6 Å². The monoisotopic (exact) mass is 1160 g/mol. The molecule has 1 fully saturated rings. The van der Waals surface area contributed by atoms with Crippen LogP contribution in [0.3, 0.4) is 0 Å². The second kappa shape index (κ2) is 24.6. The Labute approximate surface area is 501 Å². The van der Waals surface area contributed by atoms with E-state index in [-0.39, 0.29) is 27.4 Å². The van der Waals surface area contributed by atoms with Crippen LogP contribution in [-0.2, 0) is 36.1 Å². The van der Waals surface area contributed by atoms with E-state index < -0.39 is 46.9 Å². The fourth-order valence-electron chi connectivity index (χ4n) is 11.9. The summed E-state index contributed by atoms with van der Waals surface area (Å²) in [6.45, 7) is 0. The van der Waals surface area contributed by atoms with Crippen molar-refractivity contribution in [3.8, 4) is 0 Å². The molecule has 0 aliphatic carbocycles. The summed E-state index contributed by atoms with van der Waals surface area (Å²) in [7, 11) is 0. The number of β-lactam (4-membered cyclic amide) rings is 1. The maximum Gasteiger partial charge on any atom is 0.353 e. The summed E-state index contributed by atoms with van der Waals surface area (Å²) in [6, 6.07) is 87.1. The van der Waals surface area contributed by atoms with Gasteiger partial charge in [0.15, 0.2) is 10.8 Å². The number of carboxylic acids is 1. The Kier molecular flexibility index (Phi) is 16.2. The van der Waals surface area contributed by atoms with Gasteiger partial charge in [-0.3, -0.25) is 14.5 Å². The number of hydrogen-bond acceptors (Lipinski definition) is 9. The van der Waals surface area contributed by atoms with Gasteiger partial charge in [0.05, 0.1) is 6.04 Å². The molecule has 3 atom stereocenters. The fraction of sp³-hybridized carbons (Fsp3) is 0.113. The number of fused-ring (bicyclic) bond motifs is 1. The minimum atomic E-state index is -1.44. The van der Waals surface area contributed by atoms with Crippen LogP contribution < -0.4 is 10.6 Å². The van der Waals surface area contributed by atoms with Crippen LogP contribution in [0.4, 0.5) is 5.13 Å². The van der Waals surface area contributed by atoms with Crippen LogP contribution >= 0.6 is 34.7 Å². The Morgan fingerprint density at radius 2 is 1.02 bits per heavy atom. The zero-order chi connectivity index (χ0) is 57.5. The van der Waals surface area contributed by atoms with Crippen molar-refractivity contribution >= 4 is 63.3 Å². The summed E-state index contributed by atoms with van der Waals surface area (Å²) in [5.74, 6) is -2.91. The highest BCUT2D eigenvalue weighted by molar-refractivity contribution is 8.02. The number of hydrogen-bond donors (Lipinski definition) is 3. The van der Waals surface area contributed by atoms with Crippen molar-refractivity contribution in [3.05, 3.63) is 344 Å². The van der Waals surface area contributed by atoms with Gasteiger partial charge in [0.1, 0.15) is 27.3 Å². The number of anilines is 1. The minimum Gasteiger partial charge on any atom is -0.477 e. The number of nitrogens with one attached hydrogen (secondary N) is 2. The lowest BCUT2D eigenvalue weighted by Gasteiger charge is -2.53. The Morgan fingerprint density at radius 3 is 1.45 bits per heavy atom. The molecule has 84 heavy (non-hydrogen) atoms. The first-order chi connectivity index (χ1) is 41.2. The van der Waals surface area contributed by atoms with Crippen LogP contribution in [0.5, 0.6) is 0 Å². The molecule has 0 spiro atoms. The average molecular weight is 1160 g/mol. The van der Waals surface area contributed by atoms with E-state index in [0.717, 1.165) is 61.4 Å². The topological polar surface area (TPSA) is 133 Å². The number of thiazole rings is 1. The van der Waals surface area contributed by atoms with Gasteiger partial charge in [0.25, 0.3) is 11.8 Å². The summed E-state index contributed by atoms with van der Waals surface area (Å²) in [4.78, 5) is 59.0. The second-order valence-corrected chi connectivity index (χ2v) is 23.2. The molecule has 13 heteroatoms. The minimum absolute atomic E-state index is 0.00285. The van der Waals surface area contributed by atoms with Crippen LogP contribution in [0.2, 0.25) is 4.34 Å². The number of aliphatic carboxylic acids is 1. The molecule has 2 aliphatic rings. The Balaban J connectivity index is 0.993.